The smallest absolute Gasteiger partial charge is 0.247 e. The second-order valence-electron chi connectivity index (χ2n) is 7.00. The lowest BCUT2D eigenvalue weighted by atomic mass is 10.1. The molecule has 0 fully saturated rings. The maximum Gasteiger partial charge on any atom is 0.247 e. The fourth-order valence-corrected chi connectivity index (χ4v) is 4.31. The number of carbonyl (C=O) groups excluding carboxylic acids is 1. The van der Waals surface area contributed by atoms with Crippen LogP contribution in [0.1, 0.15) is 26.3 Å². The van der Waals surface area contributed by atoms with Gasteiger partial charge in [-0.15, -0.1) is 10.2 Å². The zero-order valence-corrected chi connectivity index (χ0v) is 19.8. The second-order valence-corrected chi connectivity index (χ2v) is 9.15. The largest absolute Gasteiger partial charge is 0.447 e. The van der Waals surface area contributed by atoms with Crippen molar-refractivity contribution in [3.8, 4) is 17.1 Å². The summed E-state index contributed by atoms with van der Waals surface area (Å²) in [5.41, 5.74) is 3.84. The molecule has 0 saturated heterocycles. The number of carbonyl (C=O) groups is 1. The van der Waals surface area contributed by atoms with Crippen molar-refractivity contribution < 1.29 is 9.53 Å². The molecule has 3 aromatic rings. The Morgan fingerprint density at radius 3 is 2.68 bits per heavy atom. The normalized spacial score (nSPS) is 15.5. The second kappa shape index (κ2) is 9.20. The Morgan fingerprint density at radius 2 is 1.97 bits per heavy atom. The summed E-state index contributed by atoms with van der Waals surface area (Å²) in [6, 6.07) is 15.6. The fraction of sp³-hybridized carbons (Fsp3) is 0.217. The van der Waals surface area contributed by atoms with Crippen LogP contribution < -0.4 is 9.64 Å². The minimum Gasteiger partial charge on any atom is -0.447 e. The maximum atomic E-state index is 12.8. The van der Waals surface area contributed by atoms with Crippen LogP contribution in [0, 0.1) is 0 Å². The van der Waals surface area contributed by atoms with Crippen molar-refractivity contribution in [3.63, 3.8) is 0 Å². The van der Waals surface area contributed by atoms with Crippen LogP contribution in [0.25, 0.3) is 17.3 Å². The number of halogens is 1. The Labute approximate surface area is 193 Å². The Balaban J connectivity index is 1.91. The first kappa shape index (κ1) is 21.5. The van der Waals surface area contributed by atoms with E-state index >= 15 is 0 Å². The molecule has 0 saturated carbocycles. The average Bonchev–Trinajstić information content (AvgIpc) is 2.89. The van der Waals surface area contributed by atoms with Crippen LogP contribution in [0.3, 0.4) is 0 Å². The lowest BCUT2D eigenvalue weighted by molar-refractivity contribution is -0.117. The molecule has 1 atom stereocenters. The van der Waals surface area contributed by atoms with Gasteiger partial charge in [0, 0.05) is 17.0 Å². The third kappa shape index (κ3) is 4.50. The van der Waals surface area contributed by atoms with Gasteiger partial charge in [0.1, 0.15) is 0 Å². The Morgan fingerprint density at radius 1 is 1.19 bits per heavy atom. The molecule has 4 rings (SSSR count). The van der Waals surface area contributed by atoms with Gasteiger partial charge in [0.2, 0.25) is 23.2 Å². The molecular weight excluding hydrogens is 476 g/mol. The molecule has 158 valence electrons. The van der Waals surface area contributed by atoms with Crippen LogP contribution in [0.4, 0.5) is 5.69 Å². The molecule has 0 spiro atoms. The highest BCUT2D eigenvalue weighted by molar-refractivity contribution is 9.10. The van der Waals surface area contributed by atoms with Crippen LogP contribution in [0.5, 0.6) is 5.88 Å². The first-order valence-electron chi connectivity index (χ1n) is 9.85. The molecule has 0 bridgehead atoms. The molecule has 0 radical (unpaired) electrons. The van der Waals surface area contributed by atoms with E-state index in [4.69, 9.17) is 4.74 Å². The first-order chi connectivity index (χ1) is 15.0. The molecule has 8 heteroatoms. The van der Waals surface area contributed by atoms with Crippen molar-refractivity contribution in [1.82, 2.24) is 15.2 Å². The third-order valence-corrected chi connectivity index (χ3v) is 5.98. The lowest BCUT2D eigenvalue weighted by Crippen LogP contribution is -2.43. The lowest BCUT2D eigenvalue weighted by Gasteiger charge is -2.30. The number of aromatic nitrogens is 3. The highest BCUT2D eigenvalue weighted by Gasteiger charge is 2.34. The van der Waals surface area contributed by atoms with Gasteiger partial charge >= 0.3 is 0 Å². The van der Waals surface area contributed by atoms with E-state index in [1.54, 1.807) is 4.90 Å². The molecule has 1 aliphatic heterocycles. The zero-order chi connectivity index (χ0) is 22.0. The van der Waals surface area contributed by atoms with Crippen molar-refractivity contribution in [2.75, 3.05) is 10.7 Å². The minimum absolute atomic E-state index is 0.140. The van der Waals surface area contributed by atoms with Crippen LogP contribution >= 0.6 is 27.7 Å². The Hall–Kier alpha value is -2.71. The Kier molecular flexibility index (Phi) is 6.38. The van der Waals surface area contributed by atoms with E-state index in [0.717, 1.165) is 26.9 Å². The number of hydrogen-bond acceptors (Lipinski definition) is 6. The fourth-order valence-electron chi connectivity index (χ4n) is 3.45. The monoisotopic (exact) mass is 496 g/mol. The standard InChI is InChI=1S/C23H21BrN4O2S/c1-4-31-23-25-21-20(26-27-23)18-13-17(24)10-11-19(18)28(15(3)29)22(30-21)14(2)12-16-8-6-5-7-9-16/h5-13,22H,4H2,1-3H3/b14-12+/t22-/m1/s1. The van der Waals surface area contributed by atoms with Crippen LogP contribution in [-0.2, 0) is 4.79 Å². The van der Waals surface area contributed by atoms with Crippen molar-refractivity contribution in [3.05, 3.63) is 64.1 Å². The summed E-state index contributed by atoms with van der Waals surface area (Å²) in [4.78, 5) is 19.1. The number of fused-ring (bicyclic) bond motifs is 3. The maximum absolute atomic E-state index is 12.8. The van der Waals surface area contributed by atoms with Crippen LogP contribution in [0.2, 0.25) is 0 Å². The summed E-state index contributed by atoms with van der Waals surface area (Å²) < 4.78 is 7.23. The number of benzene rings is 2. The molecule has 1 amide bonds. The minimum atomic E-state index is -0.671. The molecule has 1 aromatic heterocycles. The van der Waals surface area contributed by atoms with Gasteiger partial charge in [-0.05, 0) is 42.0 Å². The first-order valence-corrected chi connectivity index (χ1v) is 11.6. The predicted molar refractivity (Wildman–Crippen MR) is 127 cm³/mol. The molecule has 2 aromatic carbocycles. The van der Waals surface area contributed by atoms with Crippen molar-refractivity contribution >= 4 is 45.4 Å². The van der Waals surface area contributed by atoms with Gasteiger partial charge < -0.3 is 4.74 Å². The molecular formula is C23H21BrN4O2S. The number of amides is 1. The van der Waals surface area contributed by atoms with E-state index in [-0.39, 0.29) is 5.91 Å². The van der Waals surface area contributed by atoms with Gasteiger partial charge in [0.15, 0.2) is 5.69 Å². The number of ether oxygens (including phenoxy) is 1. The molecule has 1 aliphatic rings. The highest BCUT2D eigenvalue weighted by atomic mass is 79.9. The van der Waals surface area contributed by atoms with Gasteiger partial charge in [-0.25, -0.2) is 0 Å². The zero-order valence-electron chi connectivity index (χ0n) is 17.4. The summed E-state index contributed by atoms with van der Waals surface area (Å²) in [5.74, 6) is 1.04. The predicted octanol–water partition coefficient (Wildman–Crippen LogP) is 5.59. The third-order valence-electron chi connectivity index (χ3n) is 4.76. The van der Waals surface area contributed by atoms with E-state index in [2.05, 4.69) is 31.1 Å². The van der Waals surface area contributed by atoms with E-state index in [9.17, 15) is 4.79 Å². The molecule has 6 nitrogen and oxygen atoms in total. The number of rotatable bonds is 4. The topological polar surface area (TPSA) is 68.2 Å². The van der Waals surface area contributed by atoms with E-state index in [0.29, 0.717) is 22.4 Å². The van der Waals surface area contributed by atoms with Crippen molar-refractivity contribution in [1.29, 1.82) is 0 Å². The number of hydrogen-bond donors (Lipinski definition) is 0. The number of nitrogens with zero attached hydrogens (tertiary/aromatic N) is 4. The highest BCUT2D eigenvalue weighted by Crippen LogP contribution is 2.42. The van der Waals surface area contributed by atoms with Gasteiger partial charge in [-0.3, -0.25) is 9.69 Å². The summed E-state index contributed by atoms with van der Waals surface area (Å²) in [6.07, 6.45) is 1.34. The van der Waals surface area contributed by atoms with Crippen LogP contribution in [-0.4, -0.2) is 33.1 Å². The average molecular weight is 497 g/mol. The van der Waals surface area contributed by atoms with Gasteiger partial charge in [-0.2, -0.15) is 4.98 Å². The van der Waals surface area contributed by atoms with E-state index in [1.165, 1.54) is 18.7 Å². The summed E-state index contributed by atoms with van der Waals surface area (Å²) in [7, 11) is 0. The molecule has 0 aliphatic carbocycles. The van der Waals surface area contributed by atoms with Crippen LogP contribution in [0.15, 0.2) is 63.7 Å². The SMILES string of the molecule is CCSc1nnc2c(n1)O[C@H](/C(C)=C/c1ccccc1)N(C(C)=O)c1ccc(Br)cc1-2. The van der Waals surface area contributed by atoms with E-state index < -0.39 is 6.23 Å². The summed E-state index contributed by atoms with van der Waals surface area (Å²) >= 11 is 5.01. The molecule has 2 heterocycles. The van der Waals surface area contributed by atoms with Gasteiger partial charge in [0.05, 0.1) is 5.69 Å². The molecule has 31 heavy (non-hydrogen) atoms. The molecule has 0 unspecified atom stereocenters. The van der Waals surface area contributed by atoms with E-state index in [1.807, 2.05) is 68.5 Å². The summed E-state index contributed by atoms with van der Waals surface area (Å²) in [6.45, 7) is 5.51. The quantitative estimate of drug-likeness (QED) is 0.438. The van der Waals surface area contributed by atoms with Gasteiger partial charge in [-0.1, -0.05) is 71.0 Å². The Bertz CT molecular complexity index is 1150. The summed E-state index contributed by atoms with van der Waals surface area (Å²) in [5, 5.41) is 9.20. The number of thioether (sulfide) groups is 1. The molecule has 0 N–H and O–H groups in total. The van der Waals surface area contributed by atoms with Gasteiger partial charge in [0.25, 0.3) is 0 Å². The number of anilines is 1. The van der Waals surface area contributed by atoms with Crippen molar-refractivity contribution in [2.45, 2.75) is 32.2 Å². The van der Waals surface area contributed by atoms with Crippen molar-refractivity contribution in [2.24, 2.45) is 0 Å².